The molecule has 19 heavy (non-hydrogen) atoms. The summed E-state index contributed by atoms with van der Waals surface area (Å²) in [6.07, 6.45) is 2.09. The molecule has 5 nitrogen and oxygen atoms in total. The standard InChI is InChI=1S/C14H17N3O2/c1-2-19-11-7-3-9(4-8-11)12-13(15)16-14(18)17(12)10-5-6-10/h3-4,7-8,10,12H,2,5-6H2,1H3,(H2,15,16,18). The van der Waals surface area contributed by atoms with E-state index in [9.17, 15) is 4.79 Å². The normalized spacial score (nSPS) is 22.6. The van der Waals surface area contributed by atoms with Crippen LogP contribution in [0.5, 0.6) is 5.75 Å². The number of carbonyl (C=O) groups excluding carboxylic acids is 1. The highest BCUT2D eigenvalue weighted by molar-refractivity contribution is 6.03. The molecule has 100 valence electrons. The number of hydrogen-bond acceptors (Lipinski definition) is 3. The van der Waals surface area contributed by atoms with E-state index in [4.69, 9.17) is 10.5 Å². The van der Waals surface area contributed by atoms with Crippen LogP contribution in [0, 0.1) is 0 Å². The Kier molecular flexibility index (Phi) is 2.89. The van der Waals surface area contributed by atoms with Crippen LogP contribution in [0.4, 0.5) is 4.79 Å². The van der Waals surface area contributed by atoms with Gasteiger partial charge in [0, 0.05) is 6.04 Å². The molecule has 2 amide bonds. The van der Waals surface area contributed by atoms with Crippen molar-refractivity contribution in [2.75, 3.05) is 6.61 Å². The molecule has 1 heterocycles. The number of hydrogen-bond donors (Lipinski definition) is 1. The molecule has 1 aliphatic heterocycles. The van der Waals surface area contributed by atoms with Crippen molar-refractivity contribution in [2.45, 2.75) is 31.8 Å². The van der Waals surface area contributed by atoms with Gasteiger partial charge in [-0.1, -0.05) is 12.1 Å². The molecular formula is C14H17N3O2. The van der Waals surface area contributed by atoms with Crippen LogP contribution in [-0.2, 0) is 0 Å². The van der Waals surface area contributed by atoms with Crippen molar-refractivity contribution in [3.8, 4) is 5.75 Å². The number of benzene rings is 1. The monoisotopic (exact) mass is 259 g/mol. The van der Waals surface area contributed by atoms with Gasteiger partial charge in [-0.2, -0.15) is 4.99 Å². The number of rotatable bonds is 4. The third kappa shape index (κ3) is 2.16. The van der Waals surface area contributed by atoms with Crippen molar-refractivity contribution in [1.82, 2.24) is 4.90 Å². The van der Waals surface area contributed by atoms with Gasteiger partial charge in [-0.05, 0) is 37.5 Å². The average molecular weight is 259 g/mol. The van der Waals surface area contributed by atoms with Gasteiger partial charge in [-0.3, -0.25) is 0 Å². The van der Waals surface area contributed by atoms with Gasteiger partial charge in [0.05, 0.1) is 6.61 Å². The number of urea groups is 1. The van der Waals surface area contributed by atoms with Crippen LogP contribution in [-0.4, -0.2) is 29.4 Å². The molecule has 1 aromatic carbocycles. The Morgan fingerprint density at radius 3 is 2.63 bits per heavy atom. The number of carbonyl (C=O) groups is 1. The molecule has 1 fully saturated rings. The molecule has 1 aliphatic carbocycles. The molecule has 0 spiro atoms. The highest BCUT2D eigenvalue weighted by atomic mass is 16.5. The van der Waals surface area contributed by atoms with E-state index in [-0.39, 0.29) is 12.1 Å². The second-order valence-corrected chi connectivity index (χ2v) is 4.86. The fourth-order valence-corrected chi connectivity index (χ4v) is 2.45. The van der Waals surface area contributed by atoms with E-state index in [2.05, 4.69) is 4.99 Å². The molecule has 3 rings (SSSR count). The van der Waals surface area contributed by atoms with Crippen molar-refractivity contribution < 1.29 is 9.53 Å². The summed E-state index contributed by atoms with van der Waals surface area (Å²) < 4.78 is 5.42. The van der Waals surface area contributed by atoms with Crippen LogP contribution in [0.1, 0.15) is 31.4 Å². The van der Waals surface area contributed by atoms with E-state index in [1.165, 1.54) is 0 Å². The highest BCUT2D eigenvalue weighted by Gasteiger charge is 2.43. The SMILES string of the molecule is CCOc1ccc(C2C(N)=NC(=O)N2C2CC2)cc1. The van der Waals surface area contributed by atoms with Crippen molar-refractivity contribution in [3.63, 3.8) is 0 Å². The summed E-state index contributed by atoms with van der Waals surface area (Å²) in [7, 11) is 0. The number of ether oxygens (including phenoxy) is 1. The van der Waals surface area contributed by atoms with Crippen molar-refractivity contribution in [2.24, 2.45) is 10.7 Å². The van der Waals surface area contributed by atoms with Crippen molar-refractivity contribution >= 4 is 11.9 Å². The van der Waals surface area contributed by atoms with E-state index in [1.807, 2.05) is 31.2 Å². The van der Waals surface area contributed by atoms with Gasteiger partial charge in [-0.25, -0.2) is 4.79 Å². The summed E-state index contributed by atoms with van der Waals surface area (Å²) in [5.41, 5.74) is 6.90. The predicted octanol–water partition coefficient (Wildman–Crippen LogP) is 2.08. The Bertz CT molecular complexity index is 520. The van der Waals surface area contributed by atoms with Crippen LogP contribution in [0.25, 0.3) is 0 Å². The van der Waals surface area contributed by atoms with Crippen LogP contribution in [0.2, 0.25) is 0 Å². The lowest BCUT2D eigenvalue weighted by atomic mass is 10.1. The third-order valence-corrected chi connectivity index (χ3v) is 3.45. The molecule has 2 aliphatic rings. The number of amides is 2. The number of aliphatic imine (C=N–C) groups is 1. The zero-order valence-corrected chi connectivity index (χ0v) is 10.9. The summed E-state index contributed by atoms with van der Waals surface area (Å²) in [4.78, 5) is 17.5. The first-order valence-electron chi connectivity index (χ1n) is 6.60. The summed E-state index contributed by atoms with van der Waals surface area (Å²) >= 11 is 0. The summed E-state index contributed by atoms with van der Waals surface area (Å²) in [6.45, 7) is 2.59. The Balaban J connectivity index is 1.86. The van der Waals surface area contributed by atoms with Gasteiger partial charge in [0.15, 0.2) is 0 Å². The molecule has 1 atom stereocenters. The minimum Gasteiger partial charge on any atom is -0.494 e. The molecule has 2 N–H and O–H groups in total. The molecule has 0 bridgehead atoms. The van der Waals surface area contributed by atoms with Gasteiger partial charge in [0.25, 0.3) is 0 Å². The Morgan fingerprint density at radius 1 is 1.37 bits per heavy atom. The largest absolute Gasteiger partial charge is 0.494 e. The Labute approximate surface area is 112 Å². The van der Waals surface area contributed by atoms with Crippen molar-refractivity contribution in [3.05, 3.63) is 29.8 Å². The van der Waals surface area contributed by atoms with Gasteiger partial charge < -0.3 is 15.4 Å². The lowest BCUT2D eigenvalue weighted by Gasteiger charge is -2.24. The van der Waals surface area contributed by atoms with Crippen LogP contribution < -0.4 is 10.5 Å². The molecule has 0 saturated heterocycles. The fraction of sp³-hybridized carbons (Fsp3) is 0.429. The summed E-state index contributed by atoms with van der Waals surface area (Å²) in [6, 6.07) is 7.58. The van der Waals surface area contributed by atoms with Gasteiger partial charge >= 0.3 is 6.03 Å². The van der Waals surface area contributed by atoms with E-state index in [1.54, 1.807) is 4.90 Å². The van der Waals surface area contributed by atoms with Gasteiger partial charge in [-0.15, -0.1) is 0 Å². The molecule has 5 heteroatoms. The van der Waals surface area contributed by atoms with E-state index >= 15 is 0 Å². The van der Waals surface area contributed by atoms with Crippen LogP contribution in [0.3, 0.4) is 0 Å². The molecule has 0 aromatic heterocycles. The maximum Gasteiger partial charge on any atom is 0.346 e. The van der Waals surface area contributed by atoms with Gasteiger partial charge in [0.2, 0.25) is 0 Å². The topological polar surface area (TPSA) is 67.9 Å². The number of nitrogens with two attached hydrogens (primary N) is 1. The first-order valence-corrected chi connectivity index (χ1v) is 6.60. The number of nitrogens with zero attached hydrogens (tertiary/aromatic N) is 2. The van der Waals surface area contributed by atoms with Crippen LogP contribution in [0.15, 0.2) is 29.3 Å². The summed E-state index contributed by atoms with van der Waals surface area (Å²) in [5.74, 6) is 1.21. The molecular weight excluding hydrogens is 242 g/mol. The average Bonchev–Trinajstić information content (AvgIpc) is 3.17. The maximum absolute atomic E-state index is 11.9. The molecule has 1 unspecified atom stereocenters. The first-order chi connectivity index (χ1) is 9.20. The summed E-state index contributed by atoms with van der Waals surface area (Å²) in [5, 5.41) is 0. The fourth-order valence-electron chi connectivity index (χ4n) is 2.45. The van der Waals surface area contributed by atoms with Crippen LogP contribution >= 0.6 is 0 Å². The zero-order valence-electron chi connectivity index (χ0n) is 10.9. The minimum absolute atomic E-state index is 0.209. The lowest BCUT2D eigenvalue weighted by molar-refractivity contribution is 0.203. The highest BCUT2D eigenvalue weighted by Crippen LogP contribution is 2.38. The molecule has 1 saturated carbocycles. The molecule has 0 radical (unpaired) electrons. The van der Waals surface area contributed by atoms with Crippen molar-refractivity contribution in [1.29, 1.82) is 0 Å². The second-order valence-electron chi connectivity index (χ2n) is 4.86. The Morgan fingerprint density at radius 2 is 2.05 bits per heavy atom. The molecule has 1 aromatic rings. The maximum atomic E-state index is 11.9. The second kappa shape index (κ2) is 4.57. The predicted molar refractivity (Wildman–Crippen MR) is 72.2 cm³/mol. The first kappa shape index (κ1) is 12.0. The quantitative estimate of drug-likeness (QED) is 0.900. The smallest absolute Gasteiger partial charge is 0.346 e. The number of amidine groups is 1. The lowest BCUT2D eigenvalue weighted by Crippen LogP contribution is -2.34. The van der Waals surface area contributed by atoms with E-state index in [0.717, 1.165) is 24.2 Å². The zero-order chi connectivity index (χ0) is 13.4. The van der Waals surface area contributed by atoms with E-state index < -0.39 is 0 Å². The van der Waals surface area contributed by atoms with E-state index in [0.29, 0.717) is 18.5 Å². The third-order valence-electron chi connectivity index (χ3n) is 3.45. The Hall–Kier alpha value is -2.04. The van der Waals surface area contributed by atoms with Gasteiger partial charge in [0.1, 0.15) is 17.6 Å². The minimum atomic E-state index is -0.212.